The van der Waals surface area contributed by atoms with Crippen LogP contribution in [0.2, 0.25) is 0 Å². The van der Waals surface area contributed by atoms with Gasteiger partial charge in [-0.1, -0.05) is 0 Å². The number of alkyl halides is 3. The van der Waals surface area contributed by atoms with E-state index in [1.54, 1.807) is 9.80 Å². The monoisotopic (exact) mass is 565 g/mol. The van der Waals surface area contributed by atoms with E-state index in [0.29, 0.717) is 45.0 Å². The molecular formula is C28H38F3N5O4. The van der Waals surface area contributed by atoms with Gasteiger partial charge in [0.15, 0.2) is 0 Å². The fourth-order valence-corrected chi connectivity index (χ4v) is 5.48. The SMILES string of the molecule is CCOc1ccc(N2CCC(CN(C)C(=O)N3CCC(Nc4ccc(N(O)O)c(C(F)(F)F)c4)CC3)CC2)cc1. The summed E-state index contributed by atoms with van der Waals surface area (Å²) in [5.41, 5.74) is -0.487. The number of hydrogen-bond donors (Lipinski definition) is 3. The Balaban J connectivity index is 1.22. The lowest BCUT2D eigenvalue weighted by molar-refractivity contribution is -0.138. The molecule has 0 bridgehead atoms. The Kier molecular flexibility index (Phi) is 9.52. The first kappa shape index (κ1) is 29.6. The van der Waals surface area contributed by atoms with Crippen LogP contribution in [0, 0.1) is 5.92 Å². The number of halogens is 3. The second-order valence-corrected chi connectivity index (χ2v) is 10.4. The fraction of sp³-hybridized carbons (Fsp3) is 0.536. The van der Waals surface area contributed by atoms with Gasteiger partial charge < -0.3 is 24.8 Å². The first-order valence-corrected chi connectivity index (χ1v) is 13.7. The number of piperidine rings is 2. The number of hydrogen-bond acceptors (Lipinski definition) is 7. The number of urea groups is 1. The van der Waals surface area contributed by atoms with Crippen molar-refractivity contribution in [3.8, 4) is 5.75 Å². The molecule has 2 fully saturated rings. The summed E-state index contributed by atoms with van der Waals surface area (Å²) < 4.78 is 45.6. The number of amides is 2. The van der Waals surface area contributed by atoms with Gasteiger partial charge in [0, 0.05) is 57.2 Å². The molecular weight excluding hydrogens is 527 g/mol. The normalized spacial score (nSPS) is 17.1. The third-order valence-corrected chi connectivity index (χ3v) is 7.64. The Hall–Kier alpha value is -3.38. The Morgan fingerprint density at radius 2 is 1.68 bits per heavy atom. The highest BCUT2D eigenvalue weighted by Crippen LogP contribution is 2.38. The molecule has 0 aromatic heterocycles. The van der Waals surface area contributed by atoms with Crippen LogP contribution < -0.4 is 20.2 Å². The van der Waals surface area contributed by atoms with Crippen molar-refractivity contribution in [2.45, 2.75) is 44.8 Å². The van der Waals surface area contributed by atoms with E-state index in [9.17, 15) is 18.0 Å². The first-order valence-electron chi connectivity index (χ1n) is 13.7. The summed E-state index contributed by atoms with van der Waals surface area (Å²) in [6.07, 6.45) is -1.56. The maximum absolute atomic E-state index is 13.4. The second-order valence-electron chi connectivity index (χ2n) is 10.4. The number of carbonyl (C=O) groups excluding carboxylic acids is 1. The van der Waals surface area contributed by atoms with Gasteiger partial charge in [-0.3, -0.25) is 10.4 Å². The van der Waals surface area contributed by atoms with Crippen LogP contribution in [-0.2, 0) is 6.18 Å². The Labute approximate surface area is 232 Å². The molecule has 0 unspecified atom stereocenters. The molecule has 0 atom stereocenters. The van der Waals surface area contributed by atoms with Crippen molar-refractivity contribution in [3.63, 3.8) is 0 Å². The summed E-state index contributed by atoms with van der Waals surface area (Å²) in [6.45, 7) is 6.17. The molecule has 2 aliphatic heterocycles. The zero-order valence-corrected chi connectivity index (χ0v) is 22.9. The van der Waals surface area contributed by atoms with Gasteiger partial charge in [-0.2, -0.15) is 13.2 Å². The molecule has 2 aliphatic rings. The van der Waals surface area contributed by atoms with E-state index in [0.717, 1.165) is 43.8 Å². The predicted molar refractivity (Wildman–Crippen MR) is 146 cm³/mol. The van der Waals surface area contributed by atoms with Gasteiger partial charge in [0.1, 0.15) is 11.4 Å². The quantitative estimate of drug-likeness (QED) is 0.363. The molecule has 40 heavy (non-hydrogen) atoms. The van der Waals surface area contributed by atoms with Crippen molar-refractivity contribution < 1.29 is 33.1 Å². The second kappa shape index (κ2) is 12.9. The highest BCUT2D eigenvalue weighted by Gasteiger charge is 2.36. The van der Waals surface area contributed by atoms with Crippen LogP contribution in [0.5, 0.6) is 5.75 Å². The lowest BCUT2D eigenvalue weighted by Crippen LogP contribution is -2.49. The summed E-state index contributed by atoms with van der Waals surface area (Å²) in [6, 6.07) is 11.3. The highest BCUT2D eigenvalue weighted by atomic mass is 19.4. The van der Waals surface area contributed by atoms with Crippen LogP contribution in [0.25, 0.3) is 0 Å². The fourth-order valence-electron chi connectivity index (χ4n) is 5.48. The van der Waals surface area contributed by atoms with Gasteiger partial charge in [-0.15, -0.1) is 5.23 Å². The minimum atomic E-state index is -4.75. The van der Waals surface area contributed by atoms with Crippen LogP contribution in [0.1, 0.15) is 38.2 Å². The number of nitrogens with zero attached hydrogens (tertiary/aromatic N) is 4. The van der Waals surface area contributed by atoms with E-state index in [1.807, 2.05) is 26.1 Å². The Bertz CT molecular complexity index is 1120. The molecule has 0 saturated carbocycles. The number of nitrogens with one attached hydrogen (secondary N) is 1. The van der Waals surface area contributed by atoms with Crippen molar-refractivity contribution in [1.82, 2.24) is 9.80 Å². The average Bonchev–Trinajstić information content (AvgIpc) is 2.93. The summed E-state index contributed by atoms with van der Waals surface area (Å²) in [7, 11) is 1.83. The van der Waals surface area contributed by atoms with E-state index in [4.69, 9.17) is 15.2 Å². The van der Waals surface area contributed by atoms with E-state index in [2.05, 4.69) is 22.3 Å². The largest absolute Gasteiger partial charge is 0.494 e. The van der Waals surface area contributed by atoms with E-state index < -0.39 is 22.7 Å². The van der Waals surface area contributed by atoms with Crippen LogP contribution in [0.15, 0.2) is 42.5 Å². The van der Waals surface area contributed by atoms with Crippen molar-refractivity contribution >= 4 is 23.1 Å². The minimum absolute atomic E-state index is 0.0258. The number of benzene rings is 2. The van der Waals surface area contributed by atoms with Gasteiger partial charge in [-0.05, 0) is 81.0 Å². The van der Waals surface area contributed by atoms with Gasteiger partial charge in [0.05, 0.1) is 12.2 Å². The third kappa shape index (κ3) is 7.42. The van der Waals surface area contributed by atoms with Crippen molar-refractivity contribution in [1.29, 1.82) is 0 Å². The van der Waals surface area contributed by atoms with Crippen molar-refractivity contribution in [2.24, 2.45) is 5.92 Å². The third-order valence-electron chi connectivity index (χ3n) is 7.64. The summed E-state index contributed by atoms with van der Waals surface area (Å²) in [5, 5.41) is 20.8. The molecule has 2 amide bonds. The Morgan fingerprint density at radius 1 is 1.02 bits per heavy atom. The molecule has 3 N–H and O–H groups in total. The molecule has 2 aromatic carbocycles. The molecule has 220 valence electrons. The minimum Gasteiger partial charge on any atom is -0.494 e. The van der Waals surface area contributed by atoms with Gasteiger partial charge >= 0.3 is 12.2 Å². The van der Waals surface area contributed by atoms with Gasteiger partial charge in [0.25, 0.3) is 0 Å². The molecule has 4 rings (SSSR count). The molecule has 2 heterocycles. The van der Waals surface area contributed by atoms with Gasteiger partial charge in [0.2, 0.25) is 0 Å². The van der Waals surface area contributed by atoms with E-state index >= 15 is 0 Å². The lowest BCUT2D eigenvalue weighted by Gasteiger charge is -2.38. The van der Waals surface area contributed by atoms with Crippen LogP contribution in [-0.4, -0.2) is 78.7 Å². The molecule has 12 heteroatoms. The lowest BCUT2D eigenvalue weighted by atomic mass is 9.96. The molecule has 0 radical (unpaired) electrons. The predicted octanol–water partition coefficient (Wildman–Crippen LogP) is 5.53. The number of anilines is 3. The maximum atomic E-state index is 13.4. The molecule has 2 aromatic rings. The van der Waals surface area contributed by atoms with Gasteiger partial charge in [-0.25, -0.2) is 4.79 Å². The zero-order valence-electron chi connectivity index (χ0n) is 22.9. The molecule has 2 saturated heterocycles. The number of carbonyl (C=O) groups is 1. The van der Waals surface area contributed by atoms with Crippen LogP contribution in [0.3, 0.4) is 0 Å². The summed E-state index contributed by atoms with van der Waals surface area (Å²) in [4.78, 5) is 19.0. The average molecular weight is 566 g/mol. The van der Waals surface area contributed by atoms with Crippen molar-refractivity contribution in [3.05, 3.63) is 48.0 Å². The van der Waals surface area contributed by atoms with Crippen LogP contribution in [0.4, 0.5) is 35.0 Å². The first-order chi connectivity index (χ1) is 19.0. The van der Waals surface area contributed by atoms with E-state index in [1.165, 1.54) is 11.8 Å². The smallest absolute Gasteiger partial charge is 0.418 e. The zero-order chi connectivity index (χ0) is 28.9. The maximum Gasteiger partial charge on any atom is 0.418 e. The van der Waals surface area contributed by atoms with Crippen LogP contribution >= 0.6 is 0 Å². The molecule has 0 spiro atoms. The Morgan fingerprint density at radius 3 is 2.25 bits per heavy atom. The number of rotatable bonds is 8. The highest BCUT2D eigenvalue weighted by molar-refractivity contribution is 5.74. The number of ether oxygens (including phenoxy) is 1. The standard InChI is InChI=1S/C28H38F3N5O4/c1-3-40-24-7-5-23(6-8-24)34-14-10-20(11-15-34)19-33(2)27(37)35-16-12-21(13-17-35)32-22-4-9-26(36(38)39)25(18-22)28(29,30)31/h4-9,18,20-21,32,38-39H,3,10-17,19H2,1-2H3. The topological polar surface area (TPSA) is 91.8 Å². The van der Waals surface area contributed by atoms with Crippen molar-refractivity contribution in [2.75, 3.05) is 61.8 Å². The van der Waals surface area contributed by atoms with E-state index in [-0.39, 0.29) is 17.8 Å². The number of likely N-dealkylation sites (tertiary alicyclic amines) is 1. The summed E-state index contributed by atoms with van der Waals surface area (Å²) in [5.74, 6) is 1.29. The molecule has 0 aliphatic carbocycles. The molecule has 9 nitrogen and oxygen atoms in total. The summed E-state index contributed by atoms with van der Waals surface area (Å²) >= 11 is 0.